The standard InChI is InChI=1S/C13H25ClN2O2S/c1-12-10-15-8-4-2-6-13(15)11-16(12)19(17,18)9-5-3-7-14/h12-13H,2-11H2,1H3. The molecule has 0 aliphatic carbocycles. The fraction of sp³-hybridized carbons (Fsp3) is 1.00. The van der Waals surface area contributed by atoms with Crippen LogP contribution in [0.5, 0.6) is 0 Å². The molecule has 2 aliphatic rings. The summed E-state index contributed by atoms with van der Waals surface area (Å²) in [7, 11) is -3.11. The Kier molecular flexibility index (Phi) is 5.52. The second kappa shape index (κ2) is 6.74. The highest BCUT2D eigenvalue weighted by atomic mass is 35.5. The van der Waals surface area contributed by atoms with Gasteiger partial charge in [0, 0.05) is 31.1 Å². The Morgan fingerprint density at radius 1 is 1.21 bits per heavy atom. The van der Waals surface area contributed by atoms with E-state index in [2.05, 4.69) is 4.90 Å². The smallest absolute Gasteiger partial charge is 0.214 e. The molecule has 0 radical (unpaired) electrons. The van der Waals surface area contributed by atoms with Gasteiger partial charge in [0.15, 0.2) is 0 Å². The molecular formula is C13H25ClN2O2S. The molecule has 4 nitrogen and oxygen atoms in total. The highest BCUT2D eigenvalue weighted by Crippen LogP contribution is 2.26. The summed E-state index contributed by atoms with van der Waals surface area (Å²) >= 11 is 5.62. The summed E-state index contributed by atoms with van der Waals surface area (Å²) in [4.78, 5) is 2.47. The van der Waals surface area contributed by atoms with Gasteiger partial charge < -0.3 is 0 Å². The van der Waals surface area contributed by atoms with Gasteiger partial charge in [-0.2, -0.15) is 4.31 Å². The molecule has 0 aromatic rings. The van der Waals surface area contributed by atoms with E-state index < -0.39 is 10.0 Å². The zero-order valence-corrected chi connectivity index (χ0v) is 13.3. The molecule has 0 N–H and O–H groups in total. The number of nitrogens with zero attached hydrogens (tertiary/aromatic N) is 2. The van der Waals surface area contributed by atoms with E-state index in [0.29, 0.717) is 24.9 Å². The minimum absolute atomic E-state index is 0.107. The second-order valence-corrected chi connectivity index (χ2v) is 8.19. The maximum atomic E-state index is 12.4. The summed E-state index contributed by atoms with van der Waals surface area (Å²) in [6.45, 7) is 4.74. The highest BCUT2D eigenvalue weighted by Gasteiger charge is 2.38. The molecule has 2 fully saturated rings. The SMILES string of the molecule is CC1CN2CCCCC2CN1S(=O)(=O)CCCCCl. The first-order valence-electron chi connectivity index (χ1n) is 7.34. The molecule has 0 amide bonds. The average molecular weight is 309 g/mol. The lowest BCUT2D eigenvalue weighted by Crippen LogP contribution is -2.60. The molecule has 2 unspecified atom stereocenters. The molecule has 2 heterocycles. The molecule has 19 heavy (non-hydrogen) atoms. The molecule has 0 spiro atoms. The van der Waals surface area contributed by atoms with Gasteiger partial charge in [-0.3, -0.25) is 4.90 Å². The summed E-state index contributed by atoms with van der Waals surface area (Å²) < 4.78 is 26.6. The van der Waals surface area contributed by atoms with E-state index >= 15 is 0 Å². The molecule has 0 aromatic carbocycles. The minimum Gasteiger partial charge on any atom is -0.297 e. The monoisotopic (exact) mass is 308 g/mol. The second-order valence-electron chi connectivity index (χ2n) is 5.78. The number of sulfonamides is 1. The van der Waals surface area contributed by atoms with E-state index in [0.717, 1.165) is 25.9 Å². The number of piperidine rings is 1. The van der Waals surface area contributed by atoms with Crippen LogP contribution in [0, 0.1) is 0 Å². The van der Waals surface area contributed by atoms with Crippen LogP contribution in [0.1, 0.15) is 39.0 Å². The van der Waals surface area contributed by atoms with Gasteiger partial charge in [0.2, 0.25) is 10.0 Å². The molecule has 2 saturated heterocycles. The van der Waals surface area contributed by atoms with E-state index in [4.69, 9.17) is 11.6 Å². The van der Waals surface area contributed by atoms with Crippen molar-refractivity contribution in [2.24, 2.45) is 0 Å². The molecule has 112 valence electrons. The van der Waals surface area contributed by atoms with Crippen molar-refractivity contribution in [3.05, 3.63) is 0 Å². The number of halogens is 1. The molecule has 2 rings (SSSR count). The van der Waals surface area contributed by atoms with Crippen LogP contribution in [0.15, 0.2) is 0 Å². The summed E-state index contributed by atoms with van der Waals surface area (Å²) in [5, 5.41) is 0. The zero-order valence-electron chi connectivity index (χ0n) is 11.7. The fourth-order valence-corrected chi connectivity index (χ4v) is 5.22. The van der Waals surface area contributed by atoms with Crippen molar-refractivity contribution in [1.82, 2.24) is 9.21 Å². The van der Waals surface area contributed by atoms with Crippen LogP contribution in [0.4, 0.5) is 0 Å². The van der Waals surface area contributed by atoms with Gasteiger partial charge in [-0.05, 0) is 39.2 Å². The summed E-state index contributed by atoms with van der Waals surface area (Å²) in [6, 6.07) is 0.545. The van der Waals surface area contributed by atoms with Gasteiger partial charge >= 0.3 is 0 Å². The van der Waals surface area contributed by atoms with E-state index in [1.54, 1.807) is 4.31 Å². The number of unbranched alkanes of at least 4 members (excludes halogenated alkanes) is 1. The number of hydrogen-bond acceptors (Lipinski definition) is 3. The summed E-state index contributed by atoms with van der Waals surface area (Å²) in [5.74, 6) is 0.790. The van der Waals surface area contributed by atoms with Crippen molar-refractivity contribution in [2.45, 2.75) is 51.1 Å². The highest BCUT2D eigenvalue weighted by molar-refractivity contribution is 7.89. The lowest BCUT2D eigenvalue weighted by Gasteiger charge is -2.46. The molecule has 2 aliphatic heterocycles. The first-order chi connectivity index (χ1) is 9.04. The van der Waals surface area contributed by atoms with Crippen molar-refractivity contribution in [3.8, 4) is 0 Å². The maximum Gasteiger partial charge on any atom is 0.214 e. The molecule has 6 heteroatoms. The first kappa shape index (κ1) is 15.5. The fourth-order valence-electron chi connectivity index (χ4n) is 3.21. The average Bonchev–Trinajstić information content (AvgIpc) is 2.38. The summed E-state index contributed by atoms with van der Waals surface area (Å²) in [6.07, 6.45) is 5.07. The number of fused-ring (bicyclic) bond motifs is 1. The van der Waals surface area contributed by atoms with Gasteiger partial charge in [0.05, 0.1) is 5.75 Å². The number of hydrogen-bond donors (Lipinski definition) is 0. The van der Waals surface area contributed by atoms with E-state index in [9.17, 15) is 8.42 Å². The first-order valence-corrected chi connectivity index (χ1v) is 9.48. The predicted molar refractivity (Wildman–Crippen MR) is 79.1 cm³/mol. The number of piperazine rings is 1. The van der Waals surface area contributed by atoms with Crippen molar-refractivity contribution < 1.29 is 8.42 Å². The Labute approximate surface area is 122 Å². The van der Waals surface area contributed by atoms with Gasteiger partial charge in [-0.25, -0.2) is 8.42 Å². The quantitative estimate of drug-likeness (QED) is 0.575. The Morgan fingerprint density at radius 2 is 2.00 bits per heavy atom. The van der Waals surface area contributed by atoms with Crippen LogP contribution in [0.2, 0.25) is 0 Å². The van der Waals surface area contributed by atoms with E-state index in [1.165, 1.54) is 12.8 Å². The molecule has 0 saturated carbocycles. The van der Waals surface area contributed by atoms with Crippen molar-refractivity contribution >= 4 is 21.6 Å². The number of rotatable bonds is 5. The molecule has 0 bridgehead atoms. The van der Waals surface area contributed by atoms with Crippen LogP contribution in [0.3, 0.4) is 0 Å². The predicted octanol–water partition coefficient (Wildman–Crippen LogP) is 1.89. The lowest BCUT2D eigenvalue weighted by atomic mass is 9.99. The normalized spacial score (nSPS) is 30.2. The Bertz CT molecular complexity index is 388. The van der Waals surface area contributed by atoms with Gasteiger partial charge in [0.1, 0.15) is 0 Å². The third-order valence-electron chi connectivity index (χ3n) is 4.27. The third-order valence-corrected chi connectivity index (χ3v) is 6.57. The van der Waals surface area contributed by atoms with E-state index in [1.807, 2.05) is 6.92 Å². The van der Waals surface area contributed by atoms with Gasteiger partial charge in [-0.15, -0.1) is 11.6 Å². The Hall–Kier alpha value is 0.160. The number of alkyl halides is 1. The topological polar surface area (TPSA) is 40.6 Å². The van der Waals surface area contributed by atoms with Gasteiger partial charge in [0.25, 0.3) is 0 Å². The van der Waals surface area contributed by atoms with Crippen molar-refractivity contribution in [2.75, 3.05) is 31.3 Å². The van der Waals surface area contributed by atoms with Crippen LogP contribution >= 0.6 is 11.6 Å². The zero-order chi connectivity index (χ0) is 13.9. The van der Waals surface area contributed by atoms with Crippen LogP contribution in [-0.2, 0) is 10.0 Å². The lowest BCUT2D eigenvalue weighted by molar-refractivity contribution is 0.0564. The Balaban J connectivity index is 1.98. The molecule has 2 atom stereocenters. The Morgan fingerprint density at radius 3 is 2.74 bits per heavy atom. The van der Waals surface area contributed by atoms with Crippen molar-refractivity contribution in [3.63, 3.8) is 0 Å². The largest absolute Gasteiger partial charge is 0.297 e. The van der Waals surface area contributed by atoms with Crippen molar-refractivity contribution in [1.29, 1.82) is 0 Å². The van der Waals surface area contributed by atoms with Crippen LogP contribution in [-0.4, -0.2) is 61.0 Å². The molecular weight excluding hydrogens is 284 g/mol. The molecule has 0 aromatic heterocycles. The van der Waals surface area contributed by atoms with Gasteiger partial charge in [-0.1, -0.05) is 6.42 Å². The minimum atomic E-state index is -3.11. The van der Waals surface area contributed by atoms with Crippen LogP contribution in [0.25, 0.3) is 0 Å². The summed E-state index contributed by atoms with van der Waals surface area (Å²) in [5.41, 5.74) is 0. The van der Waals surface area contributed by atoms with E-state index in [-0.39, 0.29) is 11.8 Å². The maximum absolute atomic E-state index is 12.4. The van der Waals surface area contributed by atoms with Crippen LogP contribution < -0.4 is 0 Å². The third kappa shape index (κ3) is 3.84.